The van der Waals surface area contributed by atoms with E-state index in [1.54, 1.807) is 27.9 Å². The molecule has 0 fully saturated rings. The van der Waals surface area contributed by atoms with Gasteiger partial charge in [0, 0.05) is 23.6 Å². The summed E-state index contributed by atoms with van der Waals surface area (Å²) in [4.78, 5) is 22.3. The van der Waals surface area contributed by atoms with Crippen molar-refractivity contribution in [3.63, 3.8) is 0 Å². The summed E-state index contributed by atoms with van der Waals surface area (Å²) in [6, 6.07) is 5.24. The molecule has 2 N–H and O–H groups in total. The zero-order valence-electron chi connectivity index (χ0n) is 24.5. The van der Waals surface area contributed by atoms with E-state index in [2.05, 4.69) is 0 Å². The van der Waals surface area contributed by atoms with Gasteiger partial charge in [0.25, 0.3) is 0 Å². The summed E-state index contributed by atoms with van der Waals surface area (Å²) in [6.07, 6.45) is 0.575. The van der Waals surface area contributed by atoms with Crippen molar-refractivity contribution in [1.82, 2.24) is 0 Å². The molecule has 3 aromatic carbocycles. The van der Waals surface area contributed by atoms with Crippen molar-refractivity contribution >= 4 is 11.9 Å². The minimum absolute atomic E-state index is 0.0208. The van der Waals surface area contributed by atoms with Gasteiger partial charge in [-0.25, -0.2) is 18.4 Å². The molecule has 8 nitrogen and oxygen atoms in total. The first-order valence-electron chi connectivity index (χ1n) is 12.8. The Labute approximate surface area is 238 Å². The van der Waals surface area contributed by atoms with Gasteiger partial charge in [-0.2, -0.15) is 0 Å². The Morgan fingerprint density at radius 2 is 1.27 bits per heavy atom. The van der Waals surface area contributed by atoms with E-state index in [0.29, 0.717) is 29.7 Å². The molecule has 0 aromatic heterocycles. The molecule has 0 heterocycles. The Morgan fingerprint density at radius 1 is 0.683 bits per heavy atom. The van der Waals surface area contributed by atoms with Crippen LogP contribution < -0.4 is 18.9 Å². The van der Waals surface area contributed by atoms with Crippen LogP contribution in [0.5, 0.6) is 23.0 Å². The van der Waals surface area contributed by atoms with Gasteiger partial charge >= 0.3 is 11.9 Å². The van der Waals surface area contributed by atoms with Gasteiger partial charge < -0.3 is 29.2 Å². The number of carboxylic acid groups (broad SMARTS) is 2. The molecule has 0 radical (unpaired) electrons. The number of halogens is 2. The third-order valence-electron chi connectivity index (χ3n) is 6.78. The van der Waals surface area contributed by atoms with Crippen LogP contribution in [0.2, 0.25) is 0 Å². The van der Waals surface area contributed by atoms with Crippen molar-refractivity contribution in [2.24, 2.45) is 0 Å². The predicted octanol–water partition coefficient (Wildman–Crippen LogP) is 6.76. The van der Waals surface area contributed by atoms with Gasteiger partial charge in [-0.1, -0.05) is 0 Å². The zero-order chi connectivity index (χ0) is 31.0. The smallest absolute Gasteiger partial charge is 0.339 e. The second-order valence-corrected chi connectivity index (χ2v) is 9.37. The second kappa shape index (κ2) is 14.3. The predicted molar refractivity (Wildman–Crippen MR) is 150 cm³/mol. The first-order chi connectivity index (χ1) is 19.3. The molecule has 0 spiro atoms. The summed E-state index contributed by atoms with van der Waals surface area (Å²) in [7, 11) is 2.96. The fourth-order valence-electron chi connectivity index (χ4n) is 4.38. The third-order valence-corrected chi connectivity index (χ3v) is 6.78. The Balaban J connectivity index is 0.000000305. The van der Waals surface area contributed by atoms with E-state index in [-0.39, 0.29) is 29.2 Å². The lowest BCUT2D eigenvalue weighted by Crippen LogP contribution is -2.12. The lowest BCUT2D eigenvalue weighted by atomic mass is 9.92. The van der Waals surface area contributed by atoms with E-state index in [4.69, 9.17) is 29.2 Å². The van der Waals surface area contributed by atoms with Crippen molar-refractivity contribution in [3.05, 3.63) is 80.4 Å². The van der Waals surface area contributed by atoms with E-state index < -0.39 is 23.6 Å². The summed E-state index contributed by atoms with van der Waals surface area (Å²) in [5, 5.41) is 18.2. The number of methoxy groups -OCH3 is 2. The minimum Gasteiger partial charge on any atom is -0.496 e. The van der Waals surface area contributed by atoms with Crippen molar-refractivity contribution < 1.29 is 47.5 Å². The highest BCUT2D eigenvalue weighted by molar-refractivity contribution is 5.99. The average molecular weight is 575 g/mol. The van der Waals surface area contributed by atoms with Crippen LogP contribution in [0.25, 0.3) is 0 Å². The Morgan fingerprint density at radius 3 is 1.80 bits per heavy atom. The molecule has 0 bridgehead atoms. The number of hydrogen-bond acceptors (Lipinski definition) is 6. The van der Waals surface area contributed by atoms with Gasteiger partial charge in [-0.15, -0.1) is 0 Å². The second-order valence-electron chi connectivity index (χ2n) is 9.37. The third kappa shape index (κ3) is 7.65. The maximum absolute atomic E-state index is 13.4. The summed E-state index contributed by atoms with van der Waals surface area (Å²) in [5.74, 6) is -1.79. The molecule has 10 heteroatoms. The van der Waals surface area contributed by atoms with Gasteiger partial charge in [-0.3, -0.25) is 0 Å². The van der Waals surface area contributed by atoms with Crippen LogP contribution in [-0.2, 0) is 0 Å². The van der Waals surface area contributed by atoms with Crippen LogP contribution in [0.15, 0.2) is 24.3 Å². The van der Waals surface area contributed by atoms with Crippen molar-refractivity contribution in [3.8, 4) is 23.0 Å². The van der Waals surface area contributed by atoms with Gasteiger partial charge in [0.2, 0.25) is 0 Å². The van der Waals surface area contributed by atoms with Gasteiger partial charge in [-0.05, 0) is 82.0 Å². The summed E-state index contributed by atoms with van der Waals surface area (Å²) >= 11 is 0. The molecule has 3 rings (SSSR count). The number of hydrogen-bond donors (Lipinski definition) is 2. The Kier molecular flexibility index (Phi) is 11.5. The summed E-state index contributed by atoms with van der Waals surface area (Å²) in [5.41, 5.74) is 4.44. The van der Waals surface area contributed by atoms with Gasteiger partial charge in [0.15, 0.2) is 11.6 Å². The van der Waals surface area contributed by atoms with Crippen LogP contribution in [0, 0.1) is 53.2 Å². The molecule has 0 atom stereocenters. The summed E-state index contributed by atoms with van der Waals surface area (Å²) < 4.78 is 47.8. The molecule has 41 heavy (non-hydrogen) atoms. The largest absolute Gasteiger partial charge is 0.496 e. The fraction of sp³-hybridized carbons (Fsp3) is 0.355. The quantitative estimate of drug-likeness (QED) is 0.256. The average Bonchev–Trinajstić information content (AvgIpc) is 2.90. The number of aromatic carboxylic acids is 2. The fourth-order valence-corrected chi connectivity index (χ4v) is 4.38. The van der Waals surface area contributed by atoms with Crippen LogP contribution in [-0.4, -0.2) is 49.6 Å². The van der Waals surface area contributed by atoms with Crippen LogP contribution in [0.1, 0.15) is 60.5 Å². The van der Waals surface area contributed by atoms with Crippen LogP contribution >= 0.6 is 0 Å². The molecular formula is C31H36F2O8. The number of carboxylic acids is 2. The minimum atomic E-state index is -1.12. The topological polar surface area (TPSA) is 112 Å². The molecule has 0 unspecified atom stereocenters. The molecule has 222 valence electrons. The lowest BCUT2D eigenvalue weighted by molar-refractivity contribution is 0.0675. The first kappa shape index (κ1) is 32.9. The highest BCUT2D eigenvalue weighted by Gasteiger charge is 2.25. The van der Waals surface area contributed by atoms with Gasteiger partial charge in [0.1, 0.15) is 28.6 Å². The molecule has 0 aliphatic carbocycles. The maximum Gasteiger partial charge on any atom is 0.339 e. The van der Waals surface area contributed by atoms with E-state index in [9.17, 15) is 18.4 Å². The number of rotatable bonds is 10. The van der Waals surface area contributed by atoms with Gasteiger partial charge in [0.05, 0.1) is 33.0 Å². The number of ether oxygens (including phenoxy) is 4. The Hall–Kier alpha value is -4.34. The molecule has 0 aliphatic rings. The molecule has 3 aromatic rings. The molecule has 0 aliphatic heterocycles. The van der Waals surface area contributed by atoms with Crippen molar-refractivity contribution in [2.45, 2.75) is 48.0 Å². The molecule has 0 saturated carbocycles. The van der Waals surface area contributed by atoms with E-state index in [1.165, 1.54) is 19.2 Å². The van der Waals surface area contributed by atoms with Crippen LogP contribution in [0.3, 0.4) is 0 Å². The maximum atomic E-state index is 13.4. The molecule has 0 amide bonds. The Bertz CT molecular complexity index is 1430. The van der Waals surface area contributed by atoms with E-state index in [0.717, 1.165) is 34.3 Å². The van der Waals surface area contributed by atoms with Crippen LogP contribution in [0.4, 0.5) is 8.78 Å². The van der Waals surface area contributed by atoms with Crippen molar-refractivity contribution in [1.29, 1.82) is 0 Å². The SMILES string of the molecule is COc1c(C)c(C(=O)O)c(C)c(C)c1C(=O)O.COc1cc(C)c(C)c(OCCCOc2ccc(F)cc2F)c1C. The summed E-state index contributed by atoms with van der Waals surface area (Å²) in [6.45, 7) is 11.4. The highest BCUT2D eigenvalue weighted by atomic mass is 19.1. The number of benzene rings is 3. The normalized spacial score (nSPS) is 10.4. The lowest BCUT2D eigenvalue weighted by Gasteiger charge is -2.17. The zero-order valence-corrected chi connectivity index (χ0v) is 24.5. The standard InChI is InChI=1S/C19H22F2O3.C12H14O5/c1-12-10-18(22-4)14(3)19(13(12)2)24-9-5-8-23-17-7-6-15(20)11-16(17)21;1-5-6(2)9(12(15)16)10(17-4)7(3)8(5)11(13)14/h6-7,10-11H,5,8-9H2,1-4H3;1-4H3,(H,13,14)(H,15,16). The molecular weight excluding hydrogens is 538 g/mol. The number of aryl methyl sites for hydroxylation is 1. The number of carbonyl (C=O) groups is 2. The highest BCUT2D eigenvalue weighted by Crippen LogP contribution is 2.34. The monoisotopic (exact) mass is 574 g/mol. The van der Waals surface area contributed by atoms with E-state index >= 15 is 0 Å². The van der Waals surface area contributed by atoms with Crippen molar-refractivity contribution in [2.75, 3.05) is 27.4 Å². The first-order valence-corrected chi connectivity index (χ1v) is 12.8. The van der Waals surface area contributed by atoms with E-state index in [1.807, 2.05) is 26.8 Å². The molecule has 0 saturated heterocycles.